The second-order valence-electron chi connectivity index (χ2n) is 6.65. The first kappa shape index (κ1) is 17.2. The summed E-state index contributed by atoms with van der Waals surface area (Å²) >= 11 is 2.00. The molecule has 26 heavy (non-hydrogen) atoms. The molecule has 0 spiro atoms. The molecule has 0 radical (unpaired) electrons. The van der Waals surface area contributed by atoms with Crippen molar-refractivity contribution in [2.45, 2.75) is 36.5 Å². The maximum Gasteiger partial charge on any atom is 0.249 e. The van der Waals surface area contributed by atoms with Crippen LogP contribution < -0.4 is 0 Å². The lowest BCUT2D eigenvalue weighted by molar-refractivity contribution is 0.205. The van der Waals surface area contributed by atoms with Gasteiger partial charge in [-0.05, 0) is 57.1 Å². The molecule has 0 saturated carbocycles. The third-order valence-corrected chi connectivity index (χ3v) is 5.89. The first-order chi connectivity index (χ1) is 12.8. The SMILES string of the molecule is Cc1cccc(SC2CCN(Cc3nnc(-c4cccnc4)o3)CC2)c1. The van der Waals surface area contributed by atoms with Crippen LogP contribution in [0.5, 0.6) is 0 Å². The van der Waals surface area contributed by atoms with Crippen LogP contribution in [0, 0.1) is 6.92 Å². The Morgan fingerprint density at radius 3 is 2.81 bits per heavy atom. The van der Waals surface area contributed by atoms with Gasteiger partial charge in [0.1, 0.15) is 0 Å². The van der Waals surface area contributed by atoms with E-state index in [0.29, 0.717) is 17.0 Å². The van der Waals surface area contributed by atoms with Gasteiger partial charge < -0.3 is 4.42 Å². The number of nitrogens with zero attached hydrogens (tertiary/aromatic N) is 4. The van der Waals surface area contributed by atoms with Crippen molar-refractivity contribution < 1.29 is 4.42 Å². The van der Waals surface area contributed by atoms with E-state index in [4.69, 9.17) is 4.42 Å². The Morgan fingerprint density at radius 1 is 1.15 bits per heavy atom. The van der Waals surface area contributed by atoms with Gasteiger partial charge in [-0.2, -0.15) is 0 Å². The van der Waals surface area contributed by atoms with Crippen molar-refractivity contribution in [3.05, 3.63) is 60.2 Å². The maximum atomic E-state index is 5.80. The van der Waals surface area contributed by atoms with Crippen LogP contribution in [0.3, 0.4) is 0 Å². The highest BCUT2D eigenvalue weighted by Gasteiger charge is 2.22. The molecule has 0 atom stereocenters. The second kappa shape index (κ2) is 8.01. The smallest absolute Gasteiger partial charge is 0.249 e. The molecule has 0 bridgehead atoms. The molecule has 0 unspecified atom stereocenters. The fourth-order valence-electron chi connectivity index (χ4n) is 3.18. The molecular weight excluding hydrogens is 344 g/mol. The Hall–Kier alpha value is -2.18. The van der Waals surface area contributed by atoms with Gasteiger partial charge >= 0.3 is 0 Å². The number of aryl methyl sites for hydroxylation is 1. The lowest BCUT2D eigenvalue weighted by Gasteiger charge is -2.30. The lowest BCUT2D eigenvalue weighted by Crippen LogP contribution is -2.34. The quantitative estimate of drug-likeness (QED) is 0.675. The van der Waals surface area contributed by atoms with Gasteiger partial charge in [0.25, 0.3) is 0 Å². The highest BCUT2D eigenvalue weighted by molar-refractivity contribution is 8.00. The predicted molar refractivity (Wildman–Crippen MR) is 103 cm³/mol. The number of hydrogen-bond acceptors (Lipinski definition) is 6. The van der Waals surface area contributed by atoms with E-state index in [1.807, 2.05) is 23.9 Å². The number of likely N-dealkylation sites (tertiary alicyclic amines) is 1. The summed E-state index contributed by atoms with van der Waals surface area (Å²) in [6.45, 7) is 4.99. The molecule has 0 amide bonds. The second-order valence-corrected chi connectivity index (χ2v) is 8.03. The normalized spacial score (nSPS) is 16.0. The van der Waals surface area contributed by atoms with E-state index < -0.39 is 0 Å². The Bertz CT molecular complexity index is 844. The summed E-state index contributed by atoms with van der Waals surface area (Å²) in [7, 11) is 0. The fourth-order valence-corrected chi connectivity index (χ4v) is 4.42. The van der Waals surface area contributed by atoms with E-state index in [-0.39, 0.29) is 0 Å². The third kappa shape index (κ3) is 4.31. The average molecular weight is 366 g/mol. The molecule has 3 aromatic rings. The van der Waals surface area contributed by atoms with Crippen molar-refractivity contribution in [1.82, 2.24) is 20.1 Å². The van der Waals surface area contributed by atoms with Crippen molar-refractivity contribution in [2.24, 2.45) is 0 Å². The minimum atomic E-state index is 0.540. The standard InChI is InChI=1S/C20H22N4OS/c1-15-4-2-6-18(12-15)26-17-7-10-24(11-8-17)14-19-22-23-20(25-19)16-5-3-9-21-13-16/h2-6,9,12-13,17H,7-8,10-11,14H2,1H3. The van der Waals surface area contributed by atoms with E-state index >= 15 is 0 Å². The molecule has 1 aliphatic heterocycles. The molecule has 4 rings (SSSR count). The summed E-state index contributed by atoms with van der Waals surface area (Å²) < 4.78 is 5.80. The van der Waals surface area contributed by atoms with Gasteiger partial charge in [0, 0.05) is 22.5 Å². The number of thioether (sulfide) groups is 1. The minimum absolute atomic E-state index is 0.540. The van der Waals surface area contributed by atoms with Crippen molar-refractivity contribution in [2.75, 3.05) is 13.1 Å². The van der Waals surface area contributed by atoms with Crippen LogP contribution in [0.1, 0.15) is 24.3 Å². The molecule has 0 aliphatic carbocycles. The predicted octanol–water partition coefficient (Wildman–Crippen LogP) is 4.20. The van der Waals surface area contributed by atoms with Crippen LogP contribution in [0.15, 0.2) is 58.1 Å². The van der Waals surface area contributed by atoms with E-state index in [9.17, 15) is 0 Å². The zero-order valence-corrected chi connectivity index (χ0v) is 15.7. The van der Waals surface area contributed by atoms with E-state index in [2.05, 4.69) is 51.3 Å². The van der Waals surface area contributed by atoms with E-state index in [1.54, 1.807) is 12.4 Å². The highest BCUT2D eigenvalue weighted by atomic mass is 32.2. The van der Waals surface area contributed by atoms with Gasteiger partial charge in [-0.15, -0.1) is 22.0 Å². The van der Waals surface area contributed by atoms with Crippen molar-refractivity contribution in [3.63, 3.8) is 0 Å². The molecule has 6 heteroatoms. The van der Waals surface area contributed by atoms with E-state index in [1.165, 1.54) is 23.3 Å². The van der Waals surface area contributed by atoms with Crippen LogP contribution in [0.4, 0.5) is 0 Å². The molecular formula is C20H22N4OS. The van der Waals surface area contributed by atoms with Gasteiger partial charge in [-0.25, -0.2) is 0 Å². The zero-order chi connectivity index (χ0) is 17.8. The van der Waals surface area contributed by atoms with Crippen molar-refractivity contribution in [3.8, 4) is 11.5 Å². The van der Waals surface area contributed by atoms with Crippen LogP contribution in [-0.2, 0) is 6.54 Å². The number of piperidine rings is 1. The largest absolute Gasteiger partial charge is 0.419 e. The van der Waals surface area contributed by atoms with Crippen molar-refractivity contribution >= 4 is 11.8 Å². The van der Waals surface area contributed by atoms with Gasteiger partial charge in [-0.3, -0.25) is 9.88 Å². The Balaban J connectivity index is 1.29. The molecule has 1 aromatic carbocycles. The first-order valence-corrected chi connectivity index (χ1v) is 9.83. The van der Waals surface area contributed by atoms with Gasteiger partial charge in [0.2, 0.25) is 11.8 Å². The lowest BCUT2D eigenvalue weighted by atomic mass is 10.1. The fraction of sp³-hybridized carbons (Fsp3) is 0.350. The van der Waals surface area contributed by atoms with Crippen LogP contribution in [0.25, 0.3) is 11.5 Å². The maximum absolute atomic E-state index is 5.80. The Morgan fingerprint density at radius 2 is 2.04 bits per heavy atom. The van der Waals surface area contributed by atoms with Gasteiger partial charge in [0.05, 0.1) is 12.1 Å². The number of rotatable bonds is 5. The molecule has 3 heterocycles. The Kier molecular flexibility index (Phi) is 5.32. The molecule has 1 fully saturated rings. The molecule has 134 valence electrons. The van der Waals surface area contributed by atoms with E-state index in [0.717, 1.165) is 25.2 Å². The molecule has 1 saturated heterocycles. The summed E-state index contributed by atoms with van der Waals surface area (Å²) in [6, 6.07) is 12.6. The monoisotopic (exact) mass is 366 g/mol. The highest BCUT2D eigenvalue weighted by Crippen LogP contribution is 2.31. The number of benzene rings is 1. The summed E-state index contributed by atoms with van der Waals surface area (Å²) in [6.07, 6.45) is 5.84. The van der Waals surface area contributed by atoms with Crippen LogP contribution >= 0.6 is 11.8 Å². The number of pyridine rings is 1. The number of hydrogen-bond donors (Lipinski definition) is 0. The van der Waals surface area contributed by atoms with Crippen LogP contribution in [0.2, 0.25) is 0 Å². The van der Waals surface area contributed by atoms with Crippen molar-refractivity contribution in [1.29, 1.82) is 0 Å². The molecule has 0 N–H and O–H groups in total. The van der Waals surface area contributed by atoms with Gasteiger partial charge in [0.15, 0.2) is 0 Å². The van der Waals surface area contributed by atoms with Gasteiger partial charge in [-0.1, -0.05) is 17.7 Å². The average Bonchev–Trinajstić information content (AvgIpc) is 3.13. The molecule has 5 nitrogen and oxygen atoms in total. The third-order valence-electron chi connectivity index (χ3n) is 4.56. The summed E-state index contributed by atoms with van der Waals surface area (Å²) in [5.74, 6) is 1.21. The number of aromatic nitrogens is 3. The summed E-state index contributed by atoms with van der Waals surface area (Å²) in [4.78, 5) is 7.87. The van der Waals surface area contributed by atoms with Crippen LogP contribution in [-0.4, -0.2) is 38.4 Å². The molecule has 1 aliphatic rings. The first-order valence-electron chi connectivity index (χ1n) is 8.95. The minimum Gasteiger partial charge on any atom is -0.419 e. The summed E-state index contributed by atoms with van der Waals surface area (Å²) in [5, 5.41) is 9.02. The zero-order valence-electron chi connectivity index (χ0n) is 14.8. The topological polar surface area (TPSA) is 55.1 Å². The molecule has 2 aromatic heterocycles. The summed E-state index contributed by atoms with van der Waals surface area (Å²) in [5.41, 5.74) is 2.19. The Labute approximate surface area is 157 Å².